The molecule has 2 aromatic heterocycles. The van der Waals surface area contributed by atoms with Gasteiger partial charge in [-0.25, -0.2) is 0 Å². The Morgan fingerprint density at radius 1 is 1.11 bits per heavy atom. The van der Waals surface area contributed by atoms with Crippen molar-refractivity contribution < 1.29 is 0 Å². The van der Waals surface area contributed by atoms with Gasteiger partial charge in [-0.1, -0.05) is 0 Å². The Morgan fingerprint density at radius 2 is 1.95 bits per heavy atom. The second-order valence-corrected chi connectivity index (χ2v) is 5.43. The van der Waals surface area contributed by atoms with Gasteiger partial charge in [-0.3, -0.25) is 0 Å². The molecular weight excluding hydrogens is 242 g/mol. The molecule has 2 fully saturated rings. The van der Waals surface area contributed by atoms with Crippen LogP contribution in [0, 0.1) is 0 Å². The van der Waals surface area contributed by atoms with Gasteiger partial charge in [0.2, 0.25) is 0 Å². The lowest BCUT2D eigenvalue weighted by Gasteiger charge is -2.32. The molecule has 0 radical (unpaired) electrons. The van der Waals surface area contributed by atoms with Crippen LogP contribution in [0.25, 0.3) is 5.65 Å². The summed E-state index contributed by atoms with van der Waals surface area (Å²) in [6.45, 7) is 2.41. The highest BCUT2D eigenvalue weighted by Crippen LogP contribution is 2.29. The SMILES string of the molecule is c1cc2nnnn2nc1NC1CCN(C2CC2)CC1. The number of hydrogen-bond acceptors (Lipinski definition) is 6. The molecule has 3 heterocycles. The highest BCUT2D eigenvalue weighted by Gasteiger charge is 2.31. The number of anilines is 1. The summed E-state index contributed by atoms with van der Waals surface area (Å²) in [7, 11) is 0. The third-order valence-corrected chi connectivity index (χ3v) is 4.01. The van der Waals surface area contributed by atoms with Crippen molar-refractivity contribution in [3.8, 4) is 0 Å². The van der Waals surface area contributed by atoms with Crippen molar-refractivity contribution in [3.63, 3.8) is 0 Å². The molecule has 2 aromatic rings. The van der Waals surface area contributed by atoms with Crippen LogP contribution in [0.1, 0.15) is 25.7 Å². The predicted octanol–water partition coefficient (Wildman–Crippen LogP) is 0.558. The van der Waals surface area contributed by atoms with Crippen LogP contribution >= 0.6 is 0 Å². The molecule has 0 amide bonds. The maximum atomic E-state index is 4.35. The second kappa shape index (κ2) is 4.41. The van der Waals surface area contributed by atoms with Crippen molar-refractivity contribution in [3.05, 3.63) is 12.1 Å². The maximum absolute atomic E-state index is 4.35. The Kier molecular flexibility index (Phi) is 2.58. The fourth-order valence-electron chi connectivity index (χ4n) is 2.78. The third kappa shape index (κ3) is 2.25. The largest absolute Gasteiger partial charge is 0.366 e. The molecule has 0 spiro atoms. The van der Waals surface area contributed by atoms with Crippen LogP contribution < -0.4 is 5.32 Å². The first kappa shape index (κ1) is 11.1. The molecule has 7 nitrogen and oxygen atoms in total. The molecule has 1 aliphatic carbocycles. The minimum absolute atomic E-state index is 0.511. The molecule has 1 N–H and O–H groups in total. The molecule has 100 valence electrons. The summed E-state index contributed by atoms with van der Waals surface area (Å²) in [4.78, 5) is 2.62. The van der Waals surface area contributed by atoms with Gasteiger partial charge in [-0.15, -0.1) is 14.8 Å². The molecule has 7 heteroatoms. The highest BCUT2D eigenvalue weighted by molar-refractivity contribution is 5.42. The number of rotatable bonds is 3. The van der Waals surface area contributed by atoms with Gasteiger partial charge in [0.25, 0.3) is 0 Å². The quantitative estimate of drug-likeness (QED) is 0.868. The van der Waals surface area contributed by atoms with Crippen molar-refractivity contribution in [2.75, 3.05) is 18.4 Å². The minimum atomic E-state index is 0.511. The molecule has 0 bridgehead atoms. The summed E-state index contributed by atoms with van der Waals surface area (Å²) in [6.07, 6.45) is 5.17. The lowest BCUT2D eigenvalue weighted by Crippen LogP contribution is -2.40. The topological polar surface area (TPSA) is 71.2 Å². The normalized spacial score (nSPS) is 21.9. The molecule has 0 atom stereocenters. The fourth-order valence-corrected chi connectivity index (χ4v) is 2.78. The van der Waals surface area contributed by atoms with Crippen LogP contribution in [-0.4, -0.2) is 55.3 Å². The molecule has 0 aromatic carbocycles. The summed E-state index contributed by atoms with van der Waals surface area (Å²) in [5.74, 6) is 0.852. The van der Waals surface area contributed by atoms with E-state index in [9.17, 15) is 0 Å². The Hall–Kier alpha value is -1.76. The van der Waals surface area contributed by atoms with Gasteiger partial charge < -0.3 is 10.2 Å². The summed E-state index contributed by atoms with van der Waals surface area (Å²) in [5, 5.41) is 19.1. The van der Waals surface area contributed by atoms with Crippen LogP contribution in [0.4, 0.5) is 5.82 Å². The van der Waals surface area contributed by atoms with Crippen molar-refractivity contribution >= 4 is 11.5 Å². The summed E-state index contributed by atoms with van der Waals surface area (Å²) in [6, 6.07) is 5.22. The Bertz CT molecular complexity index is 568. The number of hydrogen-bond donors (Lipinski definition) is 1. The number of fused-ring (bicyclic) bond motifs is 1. The Balaban J connectivity index is 1.40. The Labute approximate surface area is 111 Å². The molecular formula is C12H17N7. The number of piperidine rings is 1. The summed E-state index contributed by atoms with van der Waals surface area (Å²) in [5.41, 5.74) is 0.675. The van der Waals surface area contributed by atoms with E-state index in [1.807, 2.05) is 12.1 Å². The number of likely N-dealkylation sites (tertiary alicyclic amines) is 1. The van der Waals surface area contributed by atoms with Crippen molar-refractivity contribution in [2.45, 2.75) is 37.8 Å². The highest BCUT2D eigenvalue weighted by atomic mass is 15.6. The summed E-state index contributed by atoms with van der Waals surface area (Å²) >= 11 is 0. The van der Waals surface area contributed by atoms with E-state index in [-0.39, 0.29) is 0 Å². The van der Waals surface area contributed by atoms with E-state index in [2.05, 4.69) is 30.8 Å². The van der Waals surface area contributed by atoms with Crippen LogP contribution in [0.15, 0.2) is 12.1 Å². The van der Waals surface area contributed by atoms with E-state index in [4.69, 9.17) is 0 Å². The average molecular weight is 259 g/mol. The first-order chi connectivity index (χ1) is 9.38. The van der Waals surface area contributed by atoms with E-state index < -0.39 is 0 Å². The molecule has 4 rings (SSSR count). The van der Waals surface area contributed by atoms with Crippen molar-refractivity contribution in [1.82, 2.24) is 30.2 Å². The number of aromatic nitrogens is 5. The van der Waals surface area contributed by atoms with Gasteiger partial charge in [0.15, 0.2) is 5.65 Å². The second-order valence-electron chi connectivity index (χ2n) is 5.43. The third-order valence-electron chi connectivity index (χ3n) is 4.01. The average Bonchev–Trinajstić information content (AvgIpc) is 3.18. The molecule has 0 unspecified atom stereocenters. The van der Waals surface area contributed by atoms with Gasteiger partial charge in [-0.2, -0.15) is 0 Å². The van der Waals surface area contributed by atoms with Gasteiger partial charge in [0.05, 0.1) is 0 Å². The zero-order valence-electron chi connectivity index (χ0n) is 10.7. The minimum Gasteiger partial charge on any atom is -0.366 e. The van der Waals surface area contributed by atoms with E-state index in [0.29, 0.717) is 11.7 Å². The van der Waals surface area contributed by atoms with Gasteiger partial charge in [0, 0.05) is 25.2 Å². The zero-order chi connectivity index (χ0) is 12.7. The van der Waals surface area contributed by atoms with E-state index in [1.165, 1.54) is 43.4 Å². The molecule has 1 saturated carbocycles. The number of nitrogens with one attached hydrogen (secondary N) is 1. The standard InChI is InChI=1S/C12H17N7/c1-2-10(1)18-7-5-9(6-8-18)13-11-3-4-12-14-16-17-19(12)15-11/h3-4,9-10H,1-2,5-8H2,(H,13,15). The van der Waals surface area contributed by atoms with E-state index >= 15 is 0 Å². The van der Waals surface area contributed by atoms with Gasteiger partial charge in [-0.05, 0) is 48.2 Å². The zero-order valence-corrected chi connectivity index (χ0v) is 10.7. The summed E-state index contributed by atoms with van der Waals surface area (Å²) < 4.78 is 1.46. The first-order valence-electron chi connectivity index (χ1n) is 6.94. The predicted molar refractivity (Wildman–Crippen MR) is 69.8 cm³/mol. The number of nitrogens with zero attached hydrogens (tertiary/aromatic N) is 6. The van der Waals surface area contributed by atoms with Gasteiger partial charge in [0.1, 0.15) is 5.82 Å². The first-order valence-corrected chi connectivity index (χ1v) is 6.94. The van der Waals surface area contributed by atoms with Crippen molar-refractivity contribution in [1.29, 1.82) is 0 Å². The molecule has 1 saturated heterocycles. The maximum Gasteiger partial charge on any atom is 0.200 e. The van der Waals surface area contributed by atoms with Crippen LogP contribution in [-0.2, 0) is 0 Å². The molecule has 2 aliphatic rings. The lowest BCUT2D eigenvalue weighted by atomic mass is 10.1. The van der Waals surface area contributed by atoms with Crippen LogP contribution in [0.2, 0.25) is 0 Å². The lowest BCUT2D eigenvalue weighted by molar-refractivity contribution is 0.210. The fraction of sp³-hybridized carbons (Fsp3) is 0.667. The van der Waals surface area contributed by atoms with Crippen molar-refractivity contribution in [2.24, 2.45) is 0 Å². The Morgan fingerprint density at radius 3 is 2.74 bits per heavy atom. The number of tetrazole rings is 1. The van der Waals surface area contributed by atoms with Gasteiger partial charge >= 0.3 is 0 Å². The van der Waals surface area contributed by atoms with E-state index in [1.54, 1.807) is 0 Å². The molecule has 1 aliphatic heterocycles. The molecule has 19 heavy (non-hydrogen) atoms. The smallest absolute Gasteiger partial charge is 0.200 e. The van der Waals surface area contributed by atoms with Crippen LogP contribution in [0.3, 0.4) is 0 Å². The van der Waals surface area contributed by atoms with Crippen LogP contribution in [0.5, 0.6) is 0 Å². The monoisotopic (exact) mass is 259 g/mol. The van der Waals surface area contributed by atoms with E-state index in [0.717, 1.165) is 11.9 Å².